The van der Waals surface area contributed by atoms with Crippen LogP contribution in [0.5, 0.6) is 0 Å². The van der Waals surface area contributed by atoms with Gasteiger partial charge in [0.05, 0.1) is 11.0 Å². The number of fused-ring (bicyclic) bond motifs is 3. The molecule has 0 N–H and O–H groups in total. The fourth-order valence-corrected chi connectivity index (χ4v) is 5.01. The van der Waals surface area contributed by atoms with Crippen LogP contribution in [0.25, 0.3) is 65.7 Å². The van der Waals surface area contributed by atoms with E-state index in [9.17, 15) is 0 Å². The Morgan fingerprint density at radius 3 is 1.69 bits per heavy atom. The Morgan fingerprint density at radius 1 is 0.472 bits per heavy atom. The molecule has 0 spiro atoms. The summed E-state index contributed by atoms with van der Waals surface area (Å²) in [4.78, 5) is 4.22. The molecule has 0 saturated carbocycles. The summed E-state index contributed by atoms with van der Waals surface area (Å²) in [6.45, 7) is 0. The normalized spacial score (nSPS) is 14.4. The van der Waals surface area contributed by atoms with Crippen molar-refractivity contribution in [3.05, 3.63) is 140 Å². The molecule has 0 aliphatic heterocycles. The van der Waals surface area contributed by atoms with Gasteiger partial charge in [-0.2, -0.15) is 0 Å². The summed E-state index contributed by atoms with van der Waals surface area (Å²) in [5.74, 6) is 0. The van der Waals surface area contributed by atoms with Gasteiger partial charge in [-0.3, -0.25) is 4.98 Å². The van der Waals surface area contributed by atoms with Crippen molar-refractivity contribution in [2.24, 2.45) is 0 Å². The number of nitrogens with zero attached hydrogens (tertiary/aromatic N) is 1. The molecular weight excluding hydrogens is 434 g/mol. The highest BCUT2D eigenvalue weighted by molar-refractivity contribution is 6.21. The average molecular weight is 466 g/mol. The molecule has 0 fully saturated rings. The van der Waals surface area contributed by atoms with Crippen molar-refractivity contribution in [3.8, 4) is 33.4 Å². The Hall–Kier alpha value is -4.75. The molecule has 0 unspecified atom stereocenters. The first kappa shape index (κ1) is 14.0. The van der Waals surface area contributed by atoms with Crippen molar-refractivity contribution in [1.82, 2.24) is 4.98 Å². The Balaban J connectivity index is 1.66. The molecule has 0 aliphatic rings. The van der Waals surface area contributed by atoms with Crippen molar-refractivity contribution >= 4 is 32.3 Å². The lowest BCUT2D eigenvalue weighted by atomic mass is 9.86. The van der Waals surface area contributed by atoms with Crippen LogP contribution in [-0.4, -0.2) is 4.98 Å². The quantitative estimate of drug-likeness (QED) is 0.237. The van der Waals surface area contributed by atoms with Gasteiger partial charge < -0.3 is 0 Å². The molecule has 168 valence electrons. The largest absolute Gasteiger partial charge is 0.264 e. The SMILES string of the molecule is [2H]c1c([2H])c([2H])c2c(-c3cccnc3)c3c([2H])c([2H])c([2H])c([2H])c3c(-c3ccc(-c4cccc5ccccc45)cc3)c2c1[2H]. The van der Waals surface area contributed by atoms with Gasteiger partial charge >= 0.3 is 0 Å². The lowest BCUT2D eigenvalue weighted by Crippen LogP contribution is -1.91. The number of pyridine rings is 1. The fourth-order valence-electron chi connectivity index (χ4n) is 5.01. The van der Waals surface area contributed by atoms with E-state index in [0.717, 1.165) is 21.9 Å². The van der Waals surface area contributed by atoms with Crippen LogP contribution >= 0.6 is 0 Å². The van der Waals surface area contributed by atoms with Crippen molar-refractivity contribution in [1.29, 1.82) is 0 Å². The van der Waals surface area contributed by atoms with Crippen LogP contribution in [0.1, 0.15) is 11.0 Å². The number of aromatic nitrogens is 1. The average Bonchev–Trinajstić information content (AvgIpc) is 3.06. The predicted octanol–water partition coefficient (Wildman–Crippen LogP) is 9.54. The summed E-state index contributed by atoms with van der Waals surface area (Å²) in [6.07, 6.45) is 3.11. The third kappa shape index (κ3) is 3.29. The Kier molecular flexibility index (Phi) is 3.29. The smallest absolute Gasteiger partial charge is 0.0629 e. The van der Waals surface area contributed by atoms with Crippen LogP contribution in [0.3, 0.4) is 0 Å². The van der Waals surface area contributed by atoms with Gasteiger partial charge in [0.1, 0.15) is 0 Å². The van der Waals surface area contributed by atoms with E-state index in [-0.39, 0.29) is 45.7 Å². The highest BCUT2D eigenvalue weighted by atomic mass is 14.6. The minimum Gasteiger partial charge on any atom is -0.264 e. The van der Waals surface area contributed by atoms with Gasteiger partial charge in [-0.15, -0.1) is 0 Å². The van der Waals surface area contributed by atoms with E-state index in [0.29, 0.717) is 22.3 Å². The first-order valence-corrected chi connectivity index (χ1v) is 11.7. The van der Waals surface area contributed by atoms with Gasteiger partial charge in [0.15, 0.2) is 0 Å². The molecule has 0 bridgehead atoms. The van der Waals surface area contributed by atoms with E-state index in [1.807, 2.05) is 48.5 Å². The third-order valence-electron chi connectivity index (χ3n) is 6.60. The highest BCUT2D eigenvalue weighted by Gasteiger charge is 2.16. The Labute approximate surface area is 221 Å². The fraction of sp³-hybridized carbons (Fsp3) is 0. The van der Waals surface area contributed by atoms with E-state index >= 15 is 0 Å². The molecule has 0 saturated heterocycles. The molecule has 1 aromatic heterocycles. The molecule has 1 heterocycles. The highest BCUT2D eigenvalue weighted by Crippen LogP contribution is 2.43. The number of benzene rings is 6. The molecule has 0 radical (unpaired) electrons. The Morgan fingerprint density at radius 2 is 1.06 bits per heavy atom. The van der Waals surface area contributed by atoms with Gasteiger partial charge in [0, 0.05) is 18.0 Å². The zero-order chi connectivity index (χ0) is 30.9. The zero-order valence-corrected chi connectivity index (χ0v) is 19.1. The summed E-state index contributed by atoms with van der Waals surface area (Å²) in [5, 5.41) is 2.91. The zero-order valence-electron chi connectivity index (χ0n) is 27.1. The van der Waals surface area contributed by atoms with Gasteiger partial charge in [0.25, 0.3) is 0 Å². The first-order valence-electron chi connectivity index (χ1n) is 15.7. The monoisotopic (exact) mass is 465 g/mol. The van der Waals surface area contributed by atoms with Crippen molar-refractivity contribution in [3.63, 3.8) is 0 Å². The maximum absolute atomic E-state index is 9.04. The molecule has 0 amide bonds. The molecule has 36 heavy (non-hydrogen) atoms. The minimum atomic E-state index is -0.426. The van der Waals surface area contributed by atoms with Crippen LogP contribution in [0.15, 0.2) is 140 Å². The van der Waals surface area contributed by atoms with E-state index in [2.05, 4.69) is 23.2 Å². The number of hydrogen-bond acceptors (Lipinski definition) is 1. The lowest BCUT2D eigenvalue weighted by Gasteiger charge is -2.17. The Bertz CT molecular complexity index is 2210. The number of rotatable bonds is 3. The van der Waals surface area contributed by atoms with Crippen LogP contribution in [0.4, 0.5) is 0 Å². The molecule has 0 atom stereocenters. The third-order valence-corrected chi connectivity index (χ3v) is 6.60. The van der Waals surface area contributed by atoms with Crippen LogP contribution in [0.2, 0.25) is 0 Å². The summed E-state index contributed by atoms with van der Waals surface area (Å²) in [5.41, 5.74) is 3.63. The first-order chi connectivity index (χ1) is 21.2. The van der Waals surface area contributed by atoms with E-state index < -0.39 is 24.2 Å². The maximum Gasteiger partial charge on any atom is 0.0629 e. The van der Waals surface area contributed by atoms with Gasteiger partial charge in [-0.05, 0) is 66.2 Å². The van der Waals surface area contributed by atoms with Crippen molar-refractivity contribution in [2.45, 2.75) is 0 Å². The second kappa shape index (κ2) is 8.48. The minimum absolute atomic E-state index is 0.176. The van der Waals surface area contributed by atoms with Crippen LogP contribution in [-0.2, 0) is 0 Å². The van der Waals surface area contributed by atoms with Crippen molar-refractivity contribution < 1.29 is 11.0 Å². The number of hydrogen-bond donors (Lipinski definition) is 0. The second-order valence-corrected chi connectivity index (χ2v) is 8.60. The van der Waals surface area contributed by atoms with Gasteiger partial charge in [-0.25, -0.2) is 0 Å². The van der Waals surface area contributed by atoms with Gasteiger partial charge in [0.2, 0.25) is 0 Å². The molecule has 7 aromatic rings. The molecule has 6 aromatic carbocycles. The molecule has 1 heteroatoms. The van der Waals surface area contributed by atoms with Crippen molar-refractivity contribution in [2.75, 3.05) is 0 Å². The van der Waals surface area contributed by atoms with E-state index in [4.69, 9.17) is 11.0 Å². The van der Waals surface area contributed by atoms with Crippen LogP contribution in [0, 0.1) is 0 Å². The summed E-state index contributed by atoms with van der Waals surface area (Å²) < 4.78 is 70.2. The topological polar surface area (TPSA) is 12.9 Å². The summed E-state index contributed by atoms with van der Waals surface area (Å²) in [6, 6.07) is 22.3. The molecule has 7 rings (SSSR count). The molecule has 1 nitrogen and oxygen atoms in total. The summed E-state index contributed by atoms with van der Waals surface area (Å²) >= 11 is 0. The van der Waals surface area contributed by atoms with E-state index in [1.54, 1.807) is 18.3 Å². The standard InChI is InChI=1S/C35H23N/c1-2-12-28-24(9-1)10-7-17-29(28)25-18-20-26(21-19-25)34-30-13-3-5-15-32(30)35(27-11-8-22-36-23-27)33-16-6-4-14-31(33)34/h1-23H/i3D,4D,5D,6D,13D,14D,15D,16D. The lowest BCUT2D eigenvalue weighted by molar-refractivity contribution is 1.33. The van der Waals surface area contributed by atoms with Crippen LogP contribution < -0.4 is 0 Å². The van der Waals surface area contributed by atoms with Gasteiger partial charge in [-0.1, -0.05) is 121 Å². The van der Waals surface area contributed by atoms with E-state index in [1.165, 1.54) is 6.20 Å². The molecule has 0 aliphatic carbocycles. The summed E-state index contributed by atoms with van der Waals surface area (Å²) in [7, 11) is 0. The second-order valence-electron chi connectivity index (χ2n) is 8.60. The molecular formula is C35H23N. The maximum atomic E-state index is 9.04. The predicted molar refractivity (Wildman–Crippen MR) is 153 cm³/mol.